The third-order valence-electron chi connectivity index (χ3n) is 8.46. The average Bonchev–Trinajstić information content (AvgIpc) is 3.19. The molecule has 4 nitrogen and oxygen atoms in total. The van der Waals surface area contributed by atoms with Gasteiger partial charge in [-0.2, -0.15) is 0 Å². The van der Waals surface area contributed by atoms with Gasteiger partial charge in [-0.3, -0.25) is 4.99 Å². The van der Waals surface area contributed by atoms with Gasteiger partial charge in [0.2, 0.25) is 0 Å². The molecule has 0 saturated carbocycles. The van der Waals surface area contributed by atoms with Crippen LogP contribution in [0.15, 0.2) is 175 Å². The molecule has 1 aromatic heterocycles. The maximum atomic E-state index is 5.14. The predicted octanol–water partition coefficient (Wildman–Crippen LogP) is 11.3. The summed E-state index contributed by atoms with van der Waals surface area (Å²) in [6, 6.07) is 54.6. The summed E-state index contributed by atoms with van der Waals surface area (Å²) in [4.78, 5) is 19.7. The Bertz CT molecular complexity index is 2240. The summed E-state index contributed by atoms with van der Waals surface area (Å²) in [7, 11) is 1.84. The third-order valence-corrected chi connectivity index (χ3v) is 8.46. The molecule has 49 heavy (non-hydrogen) atoms. The van der Waals surface area contributed by atoms with Crippen molar-refractivity contribution in [3.8, 4) is 67.5 Å². The minimum Gasteiger partial charge on any atom is -0.288 e. The molecule has 0 amide bonds. The van der Waals surface area contributed by atoms with E-state index in [2.05, 4.69) is 139 Å². The first-order valence-electron chi connectivity index (χ1n) is 16.6. The first kappa shape index (κ1) is 31.3. The smallest absolute Gasteiger partial charge is 0.164 e. The molecule has 7 aromatic rings. The number of rotatable bonds is 9. The van der Waals surface area contributed by atoms with Crippen molar-refractivity contribution in [2.45, 2.75) is 13.3 Å². The summed E-state index contributed by atoms with van der Waals surface area (Å²) in [6.45, 7) is 2.13. The van der Waals surface area contributed by atoms with Gasteiger partial charge in [0, 0.05) is 23.7 Å². The number of aliphatic imine (C=N–C) groups is 1. The van der Waals surface area contributed by atoms with E-state index < -0.39 is 0 Å². The van der Waals surface area contributed by atoms with E-state index in [0.717, 1.165) is 67.8 Å². The van der Waals surface area contributed by atoms with Crippen molar-refractivity contribution in [1.82, 2.24) is 15.0 Å². The SMILES string of the molecule is CC/C=C\C(=NC)c1ccc(-c2cc(-c3ccccc3)cc(-c3nc(-c4ccccc4)nc(-c4cccc(-c5ccccc5)c4)n3)c2)cc1. The van der Waals surface area contributed by atoms with E-state index in [4.69, 9.17) is 15.0 Å². The largest absolute Gasteiger partial charge is 0.288 e. The van der Waals surface area contributed by atoms with Crippen molar-refractivity contribution in [2.75, 3.05) is 7.05 Å². The highest BCUT2D eigenvalue weighted by Gasteiger charge is 2.15. The van der Waals surface area contributed by atoms with Gasteiger partial charge in [0.25, 0.3) is 0 Å². The molecule has 0 N–H and O–H groups in total. The fourth-order valence-electron chi connectivity index (χ4n) is 5.90. The molecule has 6 aromatic carbocycles. The number of aromatic nitrogens is 3. The predicted molar refractivity (Wildman–Crippen MR) is 204 cm³/mol. The lowest BCUT2D eigenvalue weighted by Crippen LogP contribution is -2.01. The van der Waals surface area contributed by atoms with Gasteiger partial charge < -0.3 is 0 Å². The van der Waals surface area contributed by atoms with Crippen LogP contribution in [0.1, 0.15) is 18.9 Å². The Hall–Kier alpha value is -6.26. The normalized spacial score (nSPS) is 11.6. The van der Waals surface area contributed by atoms with Crippen molar-refractivity contribution in [2.24, 2.45) is 4.99 Å². The minimum atomic E-state index is 0.620. The highest BCUT2D eigenvalue weighted by atomic mass is 15.0. The van der Waals surface area contributed by atoms with Gasteiger partial charge in [0.1, 0.15) is 0 Å². The average molecular weight is 633 g/mol. The Morgan fingerprint density at radius 1 is 0.449 bits per heavy atom. The summed E-state index contributed by atoms with van der Waals surface area (Å²) in [5, 5.41) is 0. The first-order chi connectivity index (χ1) is 24.2. The lowest BCUT2D eigenvalue weighted by atomic mass is 9.95. The number of benzene rings is 6. The van der Waals surface area contributed by atoms with Crippen LogP contribution in [0.5, 0.6) is 0 Å². The van der Waals surface area contributed by atoms with Crippen molar-refractivity contribution >= 4 is 5.71 Å². The monoisotopic (exact) mass is 632 g/mol. The molecule has 0 bridgehead atoms. The molecule has 1 heterocycles. The van der Waals surface area contributed by atoms with Crippen LogP contribution in [0, 0.1) is 0 Å². The molecule has 0 aliphatic heterocycles. The maximum absolute atomic E-state index is 5.14. The van der Waals surface area contributed by atoms with Gasteiger partial charge in [-0.15, -0.1) is 0 Å². The zero-order chi connectivity index (χ0) is 33.4. The Balaban J connectivity index is 1.38. The van der Waals surface area contributed by atoms with E-state index in [9.17, 15) is 0 Å². The molecule has 0 radical (unpaired) electrons. The molecule has 0 spiro atoms. The summed E-state index contributed by atoms with van der Waals surface area (Å²) in [5.41, 5.74) is 11.5. The van der Waals surface area contributed by atoms with Gasteiger partial charge in [0.15, 0.2) is 17.5 Å². The minimum absolute atomic E-state index is 0.620. The lowest BCUT2D eigenvalue weighted by molar-refractivity contribution is 1.07. The van der Waals surface area contributed by atoms with E-state index in [0.29, 0.717) is 17.5 Å². The quantitative estimate of drug-likeness (QED) is 0.149. The molecule has 7 rings (SSSR count). The van der Waals surface area contributed by atoms with E-state index in [1.807, 2.05) is 49.5 Å². The lowest BCUT2D eigenvalue weighted by Gasteiger charge is -2.13. The second-order valence-electron chi connectivity index (χ2n) is 11.8. The first-order valence-corrected chi connectivity index (χ1v) is 16.6. The van der Waals surface area contributed by atoms with Gasteiger partial charge >= 0.3 is 0 Å². The number of hydrogen-bond acceptors (Lipinski definition) is 4. The second kappa shape index (κ2) is 14.7. The van der Waals surface area contributed by atoms with E-state index >= 15 is 0 Å². The molecule has 4 heteroatoms. The van der Waals surface area contributed by atoms with Crippen LogP contribution in [-0.4, -0.2) is 27.7 Å². The van der Waals surface area contributed by atoms with Crippen LogP contribution in [0.4, 0.5) is 0 Å². The van der Waals surface area contributed by atoms with E-state index in [-0.39, 0.29) is 0 Å². The summed E-state index contributed by atoms with van der Waals surface area (Å²) >= 11 is 0. The molecule has 0 fully saturated rings. The van der Waals surface area contributed by atoms with Gasteiger partial charge in [-0.05, 0) is 75.7 Å². The Morgan fingerprint density at radius 2 is 0.878 bits per heavy atom. The van der Waals surface area contributed by atoms with Crippen LogP contribution >= 0.6 is 0 Å². The van der Waals surface area contributed by atoms with Crippen LogP contribution in [-0.2, 0) is 0 Å². The highest BCUT2D eigenvalue weighted by molar-refractivity contribution is 6.08. The summed E-state index contributed by atoms with van der Waals surface area (Å²) in [6.07, 6.45) is 5.19. The van der Waals surface area contributed by atoms with Gasteiger partial charge in [-0.1, -0.05) is 146 Å². The topological polar surface area (TPSA) is 51.0 Å². The molecule has 0 aliphatic rings. The second-order valence-corrected chi connectivity index (χ2v) is 11.8. The molecule has 0 aliphatic carbocycles. The summed E-state index contributed by atoms with van der Waals surface area (Å²) in [5.74, 6) is 1.88. The number of allylic oxidation sites excluding steroid dienone is 2. The Labute approximate surface area is 288 Å². The number of hydrogen-bond donors (Lipinski definition) is 0. The Morgan fingerprint density at radius 3 is 1.45 bits per heavy atom. The molecular weight excluding hydrogens is 597 g/mol. The number of nitrogens with zero attached hydrogens (tertiary/aromatic N) is 4. The zero-order valence-electron chi connectivity index (χ0n) is 27.7. The van der Waals surface area contributed by atoms with Gasteiger partial charge in [0.05, 0.1) is 5.71 Å². The Kier molecular flexibility index (Phi) is 9.38. The standard InChI is InChI=1S/C45H36N4/c1-3-4-23-42(46-2)35-26-24-34(25-27-35)40-29-39(33-17-10-6-11-18-33)30-41(31-40)45-48-43(36-19-12-7-13-20-36)47-44(49-45)38-22-14-21-37(28-38)32-15-8-5-9-16-32/h4-31H,3H2,1-2H3/b23-4-,46-42?. The highest BCUT2D eigenvalue weighted by Crippen LogP contribution is 2.34. The summed E-state index contributed by atoms with van der Waals surface area (Å²) < 4.78 is 0. The molecule has 0 atom stereocenters. The molecule has 0 saturated heterocycles. The van der Waals surface area contributed by atoms with Crippen LogP contribution in [0.25, 0.3) is 67.5 Å². The van der Waals surface area contributed by atoms with Crippen molar-refractivity contribution in [3.63, 3.8) is 0 Å². The zero-order valence-corrected chi connectivity index (χ0v) is 27.7. The van der Waals surface area contributed by atoms with Crippen molar-refractivity contribution in [3.05, 3.63) is 175 Å². The third kappa shape index (κ3) is 7.19. The van der Waals surface area contributed by atoms with Crippen molar-refractivity contribution in [1.29, 1.82) is 0 Å². The molecule has 0 unspecified atom stereocenters. The van der Waals surface area contributed by atoms with E-state index in [1.54, 1.807) is 0 Å². The van der Waals surface area contributed by atoms with E-state index in [1.165, 1.54) is 0 Å². The molecular formula is C45H36N4. The fourth-order valence-corrected chi connectivity index (χ4v) is 5.90. The van der Waals surface area contributed by atoms with Crippen molar-refractivity contribution < 1.29 is 0 Å². The fraction of sp³-hybridized carbons (Fsp3) is 0.0667. The molecule has 236 valence electrons. The maximum Gasteiger partial charge on any atom is 0.164 e. The van der Waals surface area contributed by atoms with Crippen LogP contribution in [0.2, 0.25) is 0 Å². The van der Waals surface area contributed by atoms with Gasteiger partial charge in [-0.25, -0.2) is 15.0 Å². The van der Waals surface area contributed by atoms with Crippen LogP contribution in [0.3, 0.4) is 0 Å². The van der Waals surface area contributed by atoms with Crippen LogP contribution < -0.4 is 0 Å².